The second kappa shape index (κ2) is 5.58. The van der Waals surface area contributed by atoms with Crippen LogP contribution in [0.5, 0.6) is 0 Å². The first-order valence-corrected chi connectivity index (χ1v) is 6.73. The molecule has 0 aliphatic carbocycles. The Morgan fingerprint density at radius 1 is 1.35 bits per heavy atom. The molecule has 7 nitrogen and oxygen atoms in total. The molecule has 1 atom stereocenters. The molecular weight excluding hydrogens is 284 g/mol. The van der Waals surface area contributed by atoms with Gasteiger partial charge in [0, 0.05) is 13.0 Å². The van der Waals surface area contributed by atoms with E-state index in [0.717, 1.165) is 11.3 Å². The quantitative estimate of drug-likeness (QED) is 0.766. The molecule has 20 heavy (non-hydrogen) atoms. The third kappa shape index (κ3) is 2.51. The van der Waals surface area contributed by atoms with Crippen LogP contribution in [0.15, 0.2) is 0 Å². The minimum absolute atomic E-state index is 0.0961. The Morgan fingerprint density at radius 3 is 2.65 bits per heavy atom. The number of ether oxygens (including phenoxy) is 2. The maximum atomic E-state index is 11.9. The van der Waals surface area contributed by atoms with Crippen LogP contribution in [0.2, 0.25) is 0 Å². The van der Waals surface area contributed by atoms with Crippen molar-refractivity contribution in [2.45, 2.75) is 13.3 Å². The van der Waals surface area contributed by atoms with Crippen molar-refractivity contribution in [3.8, 4) is 0 Å². The van der Waals surface area contributed by atoms with E-state index in [1.54, 1.807) is 6.92 Å². The number of amides is 1. The topological polar surface area (TPSA) is 85.8 Å². The Morgan fingerprint density at radius 2 is 2.05 bits per heavy atom. The van der Waals surface area contributed by atoms with E-state index >= 15 is 0 Å². The summed E-state index contributed by atoms with van der Waals surface area (Å²) in [4.78, 5) is 40.9. The van der Waals surface area contributed by atoms with Gasteiger partial charge in [0.1, 0.15) is 4.88 Å². The molecule has 1 aliphatic heterocycles. The summed E-state index contributed by atoms with van der Waals surface area (Å²) in [7, 11) is 2.58. The van der Waals surface area contributed by atoms with Gasteiger partial charge in [0.2, 0.25) is 5.91 Å². The van der Waals surface area contributed by atoms with E-state index < -0.39 is 17.9 Å². The van der Waals surface area contributed by atoms with Crippen molar-refractivity contribution in [1.82, 2.24) is 4.98 Å². The molecule has 0 N–H and O–H groups in total. The molecule has 1 aliphatic rings. The van der Waals surface area contributed by atoms with Gasteiger partial charge >= 0.3 is 11.9 Å². The van der Waals surface area contributed by atoms with E-state index in [1.807, 2.05) is 0 Å². The van der Waals surface area contributed by atoms with Crippen molar-refractivity contribution in [1.29, 1.82) is 0 Å². The zero-order valence-corrected chi connectivity index (χ0v) is 12.2. The van der Waals surface area contributed by atoms with Crippen molar-refractivity contribution in [3.05, 3.63) is 10.6 Å². The summed E-state index contributed by atoms with van der Waals surface area (Å²) in [5, 5.41) is 0.402. The maximum Gasteiger partial charge on any atom is 0.350 e. The van der Waals surface area contributed by atoms with Crippen molar-refractivity contribution in [2.24, 2.45) is 5.92 Å². The number of rotatable bonds is 3. The van der Waals surface area contributed by atoms with Crippen LogP contribution in [-0.2, 0) is 19.1 Å². The lowest BCUT2D eigenvalue weighted by Gasteiger charge is -2.11. The van der Waals surface area contributed by atoms with Gasteiger partial charge in [-0.3, -0.25) is 14.5 Å². The van der Waals surface area contributed by atoms with Crippen LogP contribution in [0.4, 0.5) is 5.13 Å². The number of esters is 2. The summed E-state index contributed by atoms with van der Waals surface area (Å²) in [5.41, 5.74) is 0.506. The molecule has 0 bridgehead atoms. The number of nitrogens with zero attached hydrogens (tertiary/aromatic N) is 2. The highest BCUT2D eigenvalue weighted by Crippen LogP contribution is 2.31. The van der Waals surface area contributed by atoms with Gasteiger partial charge in [0.05, 0.1) is 25.8 Å². The predicted molar refractivity (Wildman–Crippen MR) is 70.7 cm³/mol. The fraction of sp³-hybridized carbons (Fsp3) is 0.500. The highest BCUT2D eigenvalue weighted by Gasteiger charge is 2.37. The van der Waals surface area contributed by atoms with Crippen molar-refractivity contribution in [3.63, 3.8) is 0 Å². The molecule has 0 radical (unpaired) electrons. The lowest BCUT2D eigenvalue weighted by atomic mass is 10.1. The summed E-state index contributed by atoms with van der Waals surface area (Å²) in [6, 6.07) is 0. The van der Waals surface area contributed by atoms with Crippen molar-refractivity contribution < 1.29 is 23.9 Å². The van der Waals surface area contributed by atoms with Gasteiger partial charge in [-0.2, -0.15) is 0 Å². The zero-order chi connectivity index (χ0) is 14.9. The van der Waals surface area contributed by atoms with Crippen LogP contribution in [0, 0.1) is 12.8 Å². The third-order valence-electron chi connectivity index (χ3n) is 3.05. The van der Waals surface area contributed by atoms with Crippen LogP contribution >= 0.6 is 11.3 Å². The molecule has 108 valence electrons. The van der Waals surface area contributed by atoms with Gasteiger partial charge in [0.15, 0.2) is 5.13 Å². The Labute approximate surface area is 119 Å². The summed E-state index contributed by atoms with van der Waals surface area (Å²) in [5.74, 6) is -1.59. The van der Waals surface area contributed by atoms with Crippen molar-refractivity contribution in [2.75, 3.05) is 25.7 Å². The maximum absolute atomic E-state index is 11.9. The summed E-state index contributed by atoms with van der Waals surface area (Å²) in [6.07, 6.45) is 0.0961. The van der Waals surface area contributed by atoms with Crippen LogP contribution in [0.1, 0.15) is 21.8 Å². The number of carbonyl (C=O) groups is 3. The molecular formula is C12H14N2O5S. The highest BCUT2D eigenvalue weighted by molar-refractivity contribution is 7.17. The largest absolute Gasteiger partial charge is 0.469 e. The minimum atomic E-state index is -0.488. The fourth-order valence-corrected chi connectivity index (χ4v) is 3.01. The van der Waals surface area contributed by atoms with Crippen LogP contribution < -0.4 is 4.90 Å². The molecule has 8 heteroatoms. The number of methoxy groups -OCH3 is 2. The average Bonchev–Trinajstić information content (AvgIpc) is 3.00. The number of hydrogen-bond acceptors (Lipinski definition) is 7. The van der Waals surface area contributed by atoms with E-state index in [4.69, 9.17) is 0 Å². The lowest BCUT2D eigenvalue weighted by molar-refractivity contribution is -0.145. The average molecular weight is 298 g/mol. The molecule has 2 heterocycles. The van der Waals surface area contributed by atoms with E-state index in [9.17, 15) is 14.4 Å². The molecule has 2 rings (SSSR count). The number of hydrogen-bond donors (Lipinski definition) is 0. The number of thiazole rings is 1. The monoisotopic (exact) mass is 298 g/mol. The molecule has 0 saturated carbocycles. The van der Waals surface area contributed by atoms with E-state index in [0.29, 0.717) is 15.7 Å². The highest BCUT2D eigenvalue weighted by atomic mass is 32.1. The van der Waals surface area contributed by atoms with E-state index in [1.165, 1.54) is 19.1 Å². The first kappa shape index (κ1) is 14.4. The molecule has 1 aromatic heterocycles. The minimum Gasteiger partial charge on any atom is -0.469 e. The molecule has 1 fully saturated rings. The molecule has 1 saturated heterocycles. The molecule has 1 unspecified atom stereocenters. The summed E-state index contributed by atoms with van der Waals surface area (Å²) >= 11 is 1.08. The van der Waals surface area contributed by atoms with E-state index in [2.05, 4.69) is 14.5 Å². The predicted octanol–water partition coefficient (Wildman–Crippen LogP) is 0.764. The van der Waals surface area contributed by atoms with E-state index in [-0.39, 0.29) is 18.9 Å². The Balaban J connectivity index is 2.22. The van der Waals surface area contributed by atoms with Crippen molar-refractivity contribution >= 4 is 34.3 Å². The summed E-state index contributed by atoms with van der Waals surface area (Å²) in [6.45, 7) is 1.89. The van der Waals surface area contributed by atoms with Gasteiger partial charge in [-0.15, -0.1) is 0 Å². The van der Waals surface area contributed by atoms with Crippen LogP contribution in [0.3, 0.4) is 0 Å². The second-order valence-electron chi connectivity index (χ2n) is 4.33. The second-order valence-corrected chi connectivity index (χ2v) is 5.31. The Hall–Kier alpha value is -1.96. The summed E-state index contributed by atoms with van der Waals surface area (Å²) < 4.78 is 9.29. The van der Waals surface area contributed by atoms with Gasteiger partial charge in [-0.1, -0.05) is 11.3 Å². The molecule has 0 spiro atoms. The van der Waals surface area contributed by atoms with Gasteiger partial charge in [-0.25, -0.2) is 9.78 Å². The SMILES string of the molecule is COC(=O)c1sc(N2CC(C(=O)OC)CC2=O)nc1C. The lowest BCUT2D eigenvalue weighted by Crippen LogP contribution is -2.26. The fourth-order valence-electron chi connectivity index (χ4n) is 2.00. The van der Waals surface area contributed by atoms with Gasteiger partial charge in [0.25, 0.3) is 0 Å². The molecule has 1 amide bonds. The van der Waals surface area contributed by atoms with Gasteiger partial charge < -0.3 is 9.47 Å². The normalized spacial score (nSPS) is 18.2. The zero-order valence-electron chi connectivity index (χ0n) is 11.3. The molecule has 0 aromatic carbocycles. The van der Waals surface area contributed by atoms with Crippen LogP contribution in [-0.4, -0.2) is 43.6 Å². The standard InChI is InChI=1S/C12H14N2O5S/c1-6-9(11(17)19-3)20-12(13-6)14-5-7(4-8(14)15)10(16)18-2/h7H,4-5H2,1-3H3. The first-order valence-electron chi connectivity index (χ1n) is 5.91. The first-order chi connectivity index (χ1) is 9.47. The van der Waals surface area contributed by atoms with Gasteiger partial charge in [-0.05, 0) is 6.92 Å². The number of carbonyl (C=O) groups excluding carboxylic acids is 3. The Bertz CT molecular complexity index is 568. The number of aryl methyl sites for hydroxylation is 1. The third-order valence-corrected chi connectivity index (χ3v) is 4.21. The smallest absolute Gasteiger partial charge is 0.350 e. The van der Waals surface area contributed by atoms with Crippen LogP contribution in [0.25, 0.3) is 0 Å². The Kier molecular flexibility index (Phi) is 4.03. The number of anilines is 1. The molecule has 1 aromatic rings. The number of aromatic nitrogens is 1.